The number of nitrogens with zero attached hydrogens (tertiary/aromatic N) is 2. The van der Waals surface area contributed by atoms with E-state index in [1.54, 1.807) is 19.2 Å². The summed E-state index contributed by atoms with van der Waals surface area (Å²) < 4.78 is 5.43. The summed E-state index contributed by atoms with van der Waals surface area (Å²) in [6.07, 6.45) is 0.784. The van der Waals surface area contributed by atoms with Crippen LogP contribution in [0.4, 0.5) is 0 Å². The number of benzene rings is 2. The average molecular weight is 469 g/mol. The van der Waals surface area contributed by atoms with E-state index in [4.69, 9.17) is 9.73 Å². The molecule has 0 amide bonds. The van der Waals surface area contributed by atoms with E-state index in [1.165, 1.54) is 0 Å². The number of nitrogens with one attached hydrogen (secondary N) is 1. The lowest BCUT2D eigenvalue weighted by Crippen LogP contribution is -2.38. The summed E-state index contributed by atoms with van der Waals surface area (Å²) in [7, 11) is 3.70. The van der Waals surface area contributed by atoms with Crippen molar-refractivity contribution in [1.82, 2.24) is 10.2 Å². The number of methoxy groups -OCH3 is 1. The van der Waals surface area contributed by atoms with Gasteiger partial charge in [0, 0.05) is 32.2 Å². The highest BCUT2D eigenvalue weighted by Gasteiger charge is 2.09. The monoisotopic (exact) mass is 469 g/mol. The zero-order valence-electron chi connectivity index (χ0n) is 15.6. The number of ether oxygens (including phenoxy) is 1. The van der Waals surface area contributed by atoms with Crippen molar-refractivity contribution in [3.8, 4) is 11.5 Å². The number of hydrogen-bond acceptors (Lipinski definition) is 3. The summed E-state index contributed by atoms with van der Waals surface area (Å²) >= 11 is 0. The van der Waals surface area contributed by atoms with Crippen molar-refractivity contribution in [3.63, 3.8) is 0 Å². The van der Waals surface area contributed by atoms with Gasteiger partial charge in [0.05, 0.1) is 7.11 Å². The summed E-state index contributed by atoms with van der Waals surface area (Å²) in [5.74, 6) is 2.03. The van der Waals surface area contributed by atoms with Gasteiger partial charge in [0.1, 0.15) is 11.5 Å². The average Bonchev–Trinajstić information content (AvgIpc) is 2.61. The van der Waals surface area contributed by atoms with Crippen LogP contribution in [0.25, 0.3) is 0 Å². The van der Waals surface area contributed by atoms with E-state index in [1.807, 2.05) is 37.4 Å². The molecule has 2 aromatic carbocycles. The number of guanidine groups is 1. The van der Waals surface area contributed by atoms with Crippen LogP contribution in [0.1, 0.15) is 18.1 Å². The molecule has 2 rings (SSSR count). The largest absolute Gasteiger partial charge is 0.508 e. The van der Waals surface area contributed by atoms with Crippen LogP contribution in [-0.4, -0.2) is 43.2 Å². The Labute approximate surface area is 173 Å². The zero-order valence-corrected chi connectivity index (χ0v) is 17.9. The van der Waals surface area contributed by atoms with Gasteiger partial charge in [-0.05, 0) is 37.1 Å². The van der Waals surface area contributed by atoms with Gasteiger partial charge in [0.25, 0.3) is 0 Å². The Hall–Kier alpha value is -1.96. The minimum Gasteiger partial charge on any atom is -0.508 e. The highest BCUT2D eigenvalue weighted by atomic mass is 127. The molecule has 0 aliphatic carbocycles. The highest BCUT2D eigenvalue weighted by Crippen LogP contribution is 2.18. The van der Waals surface area contributed by atoms with Crippen molar-refractivity contribution in [2.45, 2.75) is 19.9 Å². The molecule has 0 fully saturated rings. The topological polar surface area (TPSA) is 57.1 Å². The molecule has 0 atom stereocenters. The first kappa shape index (κ1) is 22.1. The second kappa shape index (κ2) is 11.6. The molecule has 0 aliphatic heterocycles. The minimum atomic E-state index is 0. The number of phenolic OH excluding ortho intramolecular Hbond substituents is 1. The molecule has 0 radical (unpaired) electrons. The Morgan fingerprint density at radius 3 is 2.65 bits per heavy atom. The highest BCUT2D eigenvalue weighted by molar-refractivity contribution is 14.0. The van der Waals surface area contributed by atoms with Crippen molar-refractivity contribution in [2.24, 2.45) is 4.99 Å². The Balaban J connectivity index is 0.00000338. The predicted octanol–water partition coefficient (Wildman–Crippen LogP) is 3.66. The van der Waals surface area contributed by atoms with Crippen molar-refractivity contribution < 1.29 is 9.84 Å². The molecule has 6 heteroatoms. The fraction of sp³-hybridized carbons (Fsp3) is 0.350. The number of aromatic hydroxyl groups is 1. The van der Waals surface area contributed by atoms with E-state index in [-0.39, 0.29) is 24.0 Å². The third kappa shape index (κ3) is 6.74. The first-order valence-corrected chi connectivity index (χ1v) is 8.53. The number of halogens is 1. The van der Waals surface area contributed by atoms with E-state index < -0.39 is 0 Å². The molecule has 0 bridgehead atoms. The molecule has 2 N–H and O–H groups in total. The van der Waals surface area contributed by atoms with E-state index >= 15 is 0 Å². The molecular weight excluding hydrogens is 441 g/mol. The SMILES string of the molecule is CCNC(=NCCc1cccc(O)c1)N(C)Cc1ccccc1OC.I. The van der Waals surface area contributed by atoms with Gasteiger partial charge in [-0.1, -0.05) is 30.3 Å². The van der Waals surface area contributed by atoms with E-state index in [0.717, 1.165) is 35.8 Å². The molecule has 0 saturated carbocycles. The molecule has 0 heterocycles. The number of aliphatic imine (C=N–C) groups is 1. The third-order valence-corrected chi connectivity index (χ3v) is 3.87. The molecule has 0 aromatic heterocycles. The second-order valence-corrected chi connectivity index (χ2v) is 5.82. The van der Waals surface area contributed by atoms with E-state index in [2.05, 4.69) is 23.2 Å². The van der Waals surface area contributed by atoms with Crippen molar-refractivity contribution in [2.75, 3.05) is 27.2 Å². The first-order valence-electron chi connectivity index (χ1n) is 8.53. The van der Waals surface area contributed by atoms with Gasteiger partial charge in [-0.25, -0.2) is 0 Å². The molecule has 0 aliphatic rings. The van der Waals surface area contributed by atoms with Gasteiger partial charge in [-0.3, -0.25) is 4.99 Å². The predicted molar refractivity (Wildman–Crippen MR) is 118 cm³/mol. The number of phenols is 1. The number of para-hydroxylation sites is 1. The summed E-state index contributed by atoms with van der Waals surface area (Å²) in [5, 5.41) is 12.9. The molecular formula is C20H28IN3O2. The molecule has 5 nitrogen and oxygen atoms in total. The van der Waals surface area contributed by atoms with Crippen LogP contribution in [0.3, 0.4) is 0 Å². The fourth-order valence-electron chi connectivity index (χ4n) is 2.64. The second-order valence-electron chi connectivity index (χ2n) is 5.82. The minimum absolute atomic E-state index is 0. The van der Waals surface area contributed by atoms with Gasteiger partial charge in [0.2, 0.25) is 0 Å². The van der Waals surface area contributed by atoms with Gasteiger partial charge in [-0.2, -0.15) is 0 Å². The lowest BCUT2D eigenvalue weighted by Gasteiger charge is -2.23. The fourth-order valence-corrected chi connectivity index (χ4v) is 2.64. The van der Waals surface area contributed by atoms with E-state index in [9.17, 15) is 5.11 Å². The maximum absolute atomic E-state index is 9.54. The van der Waals surface area contributed by atoms with Gasteiger partial charge < -0.3 is 20.1 Å². The standard InChI is InChI=1S/C20H27N3O2.HI/c1-4-21-20(22-13-12-16-8-7-10-18(24)14-16)23(2)15-17-9-5-6-11-19(17)25-3;/h5-11,14,24H,4,12-13,15H2,1-3H3,(H,21,22);1H. The first-order chi connectivity index (χ1) is 12.1. The molecule has 0 spiro atoms. The van der Waals surface area contributed by atoms with Crippen molar-refractivity contribution in [1.29, 1.82) is 0 Å². The summed E-state index contributed by atoms with van der Waals surface area (Å²) in [6.45, 7) is 4.23. The smallest absolute Gasteiger partial charge is 0.193 e. The van der Waals surface area contributed by atoms with Crippen LogP contribution < -0.4 is 10.1 Å². The molecule has 2 aromatic rings. The Morgan fingerprint density at radius 1 is 1.19 bits per heavy atom. The van der Waals surface area contributed by atoms with Gasteiger partial charge in [0.15, 0.2) is 5.96 Å². The number of rotatable bonds is 7. The molecule has 0 saturated heterocycles. The lowest BCUT2D eigenvalue weighted by molar-refractivity contribution is 0.396. The summed E-state index contributed by atoms with van der Waals surface area (Å²) in [4.78, 5) is 6.79. The maximum atomic E-state index is 9.54. The molecule has 142 valence electrons. The van der Waals surface area contributed by atoms with Crippen LogP contribution >= 0.6 is 24.0 Å². The number of hydrogen-bond donors (Lipinski definition) is 2. The summed E-state index contributed by atoms with van der Waals surface area (Å²) in [5.41, 5.74) is 2.19. The zero-order chi connectivity index (χ0) is 18.1. The van der Waals surface area contributed by atoms with Crippen LogP contribution in [-0.2, 0) is 13.0 Å². The Bertz CT molecular complexity index is 707. The Kier molecular flexibility index (Phi) is 9.87. The van der Waals surface area contributed by atoms with Gasteiger partial charge in [-0.15, -0.1) is 24.0 Å². The third-order valence-electron chi connectivity index (χ3n) is 3.87. The van der Waals surface area contributed by atoms with Crippen LogP contribution in [0, 0.1) is 0 Å². The molecule has 0 unspecified atom stereocenters. The maximum Gasteiger partial charge on any atom is 0.193 e. The lowest BCUT2D eigenvalue weighted by atomic mass is 10.1. The van der Waals surface area contributed by atoms with E-state index in [0.29, 0.717) is 18.8 Å². The van der Waals surface area contributed by atoms with Crippen molar-refractivity contribution >= 4 is 29.9 Å². The summed E-state index contributed by atoms with van der Waals surface area (Å²) in [6, 6.07) is 15.3. The van der Waals surface area contributed by atoms with Crippen molar-refractivity contribution in [3.05, 3.63) is 59.7 Å². The van der Waals surface area contributed by atoms with Gasteiger partial charge >= 0.3 is 0 Å². The molecule has 26 heavy (non-hydrogen) atoms. The van der Waals surface area contributed by atoms with Crippen LogP contribution in [0.2, 0.25) is 0 Å². The quantitative estimate of drug-likeness (QED) is 0.369. The Morgan fingerprint density at radius 2 is 1.96 bits per heavy atom. The normalized spacial score (nSPS) is 10.8. The van der Waals surface area contributed by atoms with Crippen LogP contribution in [0.15, 0.2) is 53.5 Å². The van der Waals surface area contributed by atoms with Crippen LogP contribution in [0.5, 0.6) is 11.5 Å².